The fourth-order valence-electron chi connectivity index (χ4n) is 6.41. The second kappa shape index (κ2) is 8.11. The lowest BCUT2D eigenvalue weighted by Crippen LogP contribution is -2.45. The van der Waals surface area contributed by atoms with Crippen molar-refractivity contribution in [2.45, 2.75) is 6.04 Å². The molecule has 1 aliphatic heterocycles. The zero-order chi connectivity index (χ0) is 23.6. The molecule has 1 unspecified atom stereocenters. The molecule has 0 amide bonds. The average molecular weight is 511 g/mol. The van der Waals surface area contributed by atoms with E-state index in [1.54, 1.807) is 5.19 Å². The van der Waals surface area contributed by atoms with Crippen LogP contribution in [0.1, 0.15) is 0 Å². The quantitative estimate of drug-likeness (QED) is 0.156. The summed E-state index contributed by atoms with van der Waals surface area (Å²) in [4.78, 5) is 0. The van der Waals surface area contributed by atoms with Crippen LogP contribution in [-0.4, -0.2) is 32.8 Å². The molecule has 8 rings (SSSR count). The van der Waals surface area contributed by atoms with E-state index in [0.29, 0.717) is 0 Å². The van der Waals surface area contributed by atoms with Crippen molar-refractivity contribution < 1.29 is 4.43 Å². The number of hydrogen-bond acceptors (Lipinski definition) is 1. The van der Waals surface area contributed by atoms with Gasteiger partial charge in [-0.2, -0.15) is 0 Å². The highest BCUT2D eigenvalue weighted by atomic mass is 29.5. The van der Waals surface area contributed by atoms with Crippen molar-refractivity contribution in [2.24, 2.45) is 0 Å². The van der Waals surface area contributed by atoms with Crippen molar-refractivity contribution in [1.82, 2.24) is 0 Å². The van der Waals surface area contributed by atoms with E-state index in [-0.39, 0.29) is 17.8 Å². The van der Waals surface area contributed by atoms with Crippen molar-refractivity contribution in [3.63, 3.8) is 0 Å². The molecule has 7 aromatic rings. The molecule has 172 valence electrons. The van der Waals surface area contributed by atoms with E-state index >= 15 is 0 Å². The van der Waals surface area contributed by atoms with Gasteiger partial charge in [-0.1, -0.05) is 59.8 Å². The Bertz CT molecular complexity index is 1990. The van der Waals surface area contributed by atoms with Crippen molar-refractivity contribution in [1.29, 1.82) is 0 Å². The summed E-state index contributed by atoms with van der Waals surface area (Å²) in [6, 6.07) is 40.9. The standard InChI is InChI=1S/C32H26OSi3/c1-2-5-21-13-27-17-29-23(15-25(27)12-20(21)4-1)8-9-24-16-26-14-22-6-3-7-32(36-11-10-33-34-35-36)31(22)19-28(26)18-30(24)29/h1-9,12-19,36H,10-11,34-35H2. The Kier molecular flexibility index (Phi) is 4.70. The van der Waals surface area contributed by atoms with E-state index in [9.17, 15) is 0 Å². The average Bonchev–Trinajstić information content (AvgIpc) is 2.93. The monoisotopic (exact) mass is 510 g/mol. The molecule has 0 spiro atoms. The van der Waals surface area contributed by atoms with Gasteiger partial charge in [0.2, 0.25) is 0 Å². The summed E-state index contributed by atoms with van der Waals surface area (Å²) in [7, 11) is -0.907. The van der Waals surface area contributed by atoms with Crippen molar-refractivity contribution >= 4 is 96.0 Å². The highest BCUT2D eigenvalue weighted by Gasteiger charge is 2.20. The maximum atomic E-state index is 5.88. The Hall–Kier alpha value is -3.29. The molecular weight excluding hydrogens is 485 g/mol. The Morgan fingerprint density at radius 1 is 0.500 bits per heavy atom. The van der Waals surface area contributed by atoms with Crippen molar-refractivity contribution in [3.05, 3.63) is 103 Å². The minimum atomic E-state index is -0.778. The van der Waals surface area contributed by atoms with Gasteiger partial charge in [-0.15, -0.1) is 0 Å². The first-order valence-corrected chi connectivity index (χ1v) is 22.3. The lowest BCUT2D eigenvalue weighted by molar-refractivity contribution is 0.367. The normalized spacial score (nSPS) is 17.9. The summed E-state index contributed by atoms with van der Waals surface area (Å²) in [5.74, 6) is 0. The predicted octanol–water partition coefficient (Wildman–Crippen LogP) is 5.73. The Balaban J connectivity index is 1.39. The molecular formula is C32H26OSi3. The molecule has 0 bridgehead atoms. The third kappa shape index (κ3) is 3.29. The van der Waals surface area contributed by atoms with Gasteiger partial charge in [0.15, 0.2) is 0 Å². The number of fused-ring (bicyclic) bond motifs is 7. The van der Waals surface area contributed by atoms with Gasteiger partial charge in [0.1, 0.15) is 9.28 Å². The third-order valence-electron chi connectivity index (χ3n) is 8.31. The fraction of sp³-hybridized carbons (Fsp3) is 0.0625. The molecule has 0 N–H and O–H groups in total. The van der Waals surface area contributed by atoms with Crippen LogP contribution in [0.25, 0.3) is 64.6 Å². The van der Waals surface area contributed by atoms with Crippen molar-refractivity contribution in [2.75, 3.05) is 6.61 Å². The SMILES string of the molecule is c1ccc2cc3cc4c(ccc5cc6cc7cccc([SiH]8CCO[SiH2][SiH2]8)c7cc6cc54)cc3cc2c1. The molecule has 1 saturated heterocycles. The summed E-state index contributed by atoms with van der Waals surface area (Å²) in [5.41, 5.74) is 0. The van der Waals surface area contributed by atoms with Crippen LogP contribution in [0, 0.1) is 0 Å². The largest absolute Gasteiger partial charge is 0.428 e. The number of benzene rings is 7. The van der Waals surface area contributed by atoms with Crippen LogP contribution in [0.5, 0.6) is 0 Å². The molecule has 1 heterocycles. The zero-order valence-electron chi connectivity index (χ0n) is 20.1. The molecule has 1 atom stereocenters. The van der Waals surface area contributed by atoms with Crippen molar-refractivity contribution in [3.8, 4) is 0 Å². The van der Waals surface area contributed by atoms with Crippen LogP contribution < -0.4 is 5.19 Å². The minimum absolute atomic E-state index is 0.0432. The summed E-state index contributed by atoms with van der Waals surface area (Å²) in [6.45, 7) is 1.03. The van der Waals surface area contributed by atoms with Crippen LogP contribution in [0.4, 0.5) is 0 Å². The summed E-state index contributed by atoms with van der Waals surface area (Å²) < 4.78 is 5.88. The van der Waals surface area contributed by atoms with Crippen LogP contribution in [-0.2, 0) is 4.43 Å². The summed E-state index contributed by atoms with van der Waals surface area (Å²) >= 11 is 0. The molecule has 36 heavy (non-hydrogen) atoms. The lowest BCUT2D eigenvalue weighted by Gasteiger charge is -2.22. The maximum absolute atomic E-state index is 5.88. The van der Waals surface area contributed by atoms with Gasteiger partial charge in [-0.3, -0.25) is 0 Å². The van der Waals surface area contributed by atoms with E-state index in [2.05, 4.69) is 103 Å². The van der Waals surface area contributed by atoms with Gasteiger partial charge >= 0.3 is 0 Å². The second-order valence-electron chi connectivity index (χ2n) is 10.4. The zero-order valence-corrected chi connectivity index (χ0v) is 24.1. The summed E-state index contributed by atoms with van der Waals surface area (Å²) in [5, 5.41) is 17.9. The van der Waals surface area contributed by atoms with Gasteiger partial charge in [-0.05, 0) is 119 Å². The molecule has 0 aromatic heterocycles. The minimum Gasteiger partial charge on any atom is -0.428 e. The number of rotatable bonds is 1. The molecule has 0 radical (unpaired) electrons. The Morgan fingerprint density at radius 2 is 1.03 bits per heavy atom. The first-order chi connectivity index (χ1) is 17.8. The summed E-state index contributed by atoms with van der Waals surface area (Å²) in [6.07, 6.45) is 0. The lowest BCUT2D eigenvalue weighted by atomic mass is 9.94. The second-order valence-corrected chi connectivity index (χ2v) is 25.5. The fourth-order valence-corrected chi connectivity index (χ4v) is 24.8. The molecule has 0 saturated carbocycles. The molecule has 1 aliphatic rings. The van der Waals surface area contributed by atoms with Crippen LogP contribution in [0.15, 0.2) is 103 Å². The van der Waals surface area contributed by atoms with Gasteiger partial charge in [0.05, 0.1) is 8.31 Å². The molecule has 1 fully saturated rings. The topological polar surface area (TPSA) is 9.23 Å². The van der Waals surface area contributed by atoms with Crippen LogP contribution >= 0.6 is 0 Å². The van der Waals surface area contributed by atoms with E-state index in [1.807, 2.05) is 0 Å². The van der Waals surface area contributed by atoms with Gasteiger partial charge in [0.25, 0.3) is 0 Å². The van der Waals surface area contributed by atoms with Gasteiger partial charge in [-0.25, -0.2) is 0 Å². The molecule has 7 aromatic carbocycles. The van der Waals surface area contributed by atoms with E-state index in [1.165, 1.54) is 70.7 Å². The molecule has 4 heteroatoms. The third-order valence-corrected chi connectivity index (χ3v) is 26.7. The van der Waals surface area contributed by atoms with Crippen LogP contribution in [0.3, 0.4) is 0 Å². The first kappa shape index (κ1) is 20.9. The maximum Gasteiger partial charge on any atom is 0.141 e. The Labute approximate surface area is 215 Å². The van der Waals surface area contributed by atoms with Crippen LogP contribution in [0.2, 0.25) is 6.04 Å². The van der Waals surface area contributed by atoms with Gasteiger partial charge in [0, 0.05) is 15.2 Å². The van der Waals surface area contributed by atoms with E-state index < -0.39 is 8.31 Å². The number of hydrogen-bond donors (Lipinski definition) is 0. The first-order valence-electron chi connectivity index (χ1n) is 13.0. The molecule has 0 aliphatic carbocycles. The van der Waals surface area contributed by atoms with E-state index in [4.69, 9.17) is 4.43 Å². The predicted molar refractivity (Wildman–Crippen MR) is 166 cm³/mol. The van der Waals surface area contributed by atoms with E-state index in [0.717, 1.165) is 6.61 Å². The highest BCUT2D eigenvalue weighted by Crippen LogP contribution is 2.34. The smallest absolute Gasteiger partial charge is 0.141 e. The highest BCUT2D eigenvalue weighted by molar-refractivity contribution is 7.39. The van der Waals surface area contributed by atoms with Gasteiger partial charge < -0.3 is 4.43 Å². The Morgan fingerprint density at radius 3 is 1.67 bits per heavy atom. The molecule has 1 nitrogen and oxygen atoms in total.